The van der Waals surface area contributed by atoms with Crippen molar-refractivity contribution in [2.24, 2.45) is 0 Å². The molecule has 2 aromatic carbocycles. The smallest absolute Gasteiger partial charge is 0.342 e. The number of carbonyl (C=O) groups is 1. The van der Waals surface area contributed by atoms with E-state index >= 15 is 0 Å². The number of hydrogen-bond donors (Lipinski definition) is 0. The van der Waals surface area contributed by atoms with Crippen LogP contribution in [0.4, 0.5) is 0 Å². The van der Waals surface area contributed by atoms with Crippen molar-refractivity contribution in [3.8, 4) is 23.0 Å². The molecule has 7 nitrogen and oxygen atoms in total. The molecule has 0 N–H and O–H groups in total. The Morgan fingerprint density at radius 2 is 1.85 bits per heavy atom. The highest BCUT2D eigenvalue weighted by molar-refractivity contribution is 9.10. The predicted octanol–water partition coefficient (Wildman–Crippen LogP) is 3.87. The van der Waals surface area contributed by atoms with E-state index in [2.05, 4.69) is 26.1 Å². The predicted molar refractivity (Wildman–Crippen MR) is 96.1 cm³/mol. The SMILES string of the molecule is COc1ccc(C(=O)OCc2nnc(-c3ccc(Br)cc3)o2)c(OC)c1. The number of esters is 1. The fourth-order valence-electron chi connectivity index (χ4n) is 2.19. The van der Waals surface area contributed by atoms with Crippen LogP contribution in [0.3, 0.4) is 0 Å². The van der Waals surface area contributed by atoms with Crippen LogP contribution in [-0.2, 0) is 11.3 Å². The molecule has 0 fully saturated rings. The minimum Gasteiger partial charge on any atom is -0.497 e. The minimum absolute atomic E-state index is 0.141. The Morgan fingerprint density at radius 3 is 2.54 bits per heavy atom. The highest BCUT2D eigenvalue weighted by Crippen LogP contribution is 2.26. The zero-order valence-electron chi connectivity index (χ0n) is 14.1. The summed E-state index contributed by atoms with van der Waals surface area (Å²) in [5, 5.41) is 7.85. The highest BCUT2D eigenvalue weighted by Gasteiger charge is 2.17. The zero-order chi connectivity index (χ0) is 18.5. The lowest BCUT2D eigenvalue weighted by molar-refractivity contribution is 0.0435. The summed E-state index contributed by atoms with van der Waals surface area (Å²) in [6.45, 7) is -0.141. The molecule has 0 bridgehead atoms. The first-order valence-electron chi connectivity index (χ1n) is 7.58. The van der Waals surface area contributed by atoms with Crippen LogP contribution in [0.25, 0.3) is 11.5 Å². The van der Waals surface area contributed by atoms with E-state index in [9.17, 15) is 4.79 Å². The molecule has 26 heavy (non-hydrogen) atoms. The third kappa shape index (κ3) is 4.02. The van der Waals surface area contributed by atoms with Gasteiger partial charge in [0.15, 0.2) is 6.61 Å². The molecule has 1 heterocycles. The van der Waals surface area contributed by atoms with Crippen LogP contribution < -0.4 is 9.47 Å². The van der Waals surface area contributed by atoms with Gasteiger partial charge in [-0.05, 0) is 36.4 Å². The first kappa shape index (κ1) is 17.9. The van der Waals surface area contributed by atoms with Crippen molar-refractivity contribution < 1.29 is 23.4 Å². The molecule has 0 unspecified atom stereocenters. The number of methoxy groups -OCH3 is 2. The van der Waals surface area contributed by atoms with E-state index in [-0.39, 0.29) is 18.1 Å². The summed E-state index contributed by atoms with van der Waals surface area (Å²) in [5.41, 5.74) is 1.05. The van der Waals surface area contributed by atoms with Gasteiger partial charge >= 0.3 is 5.97 Å². The van der Waals surface area contributed by atoms with Gasteiger partial charge in [-0.3, -0.25) is 0 Å². The van der Waals surface area contributed by atoms with Crippen molar-refractivity contribution in [1.82, 2.24) is 10.2 Å². The van der Waals surface area contributed by atoms with Crippen LogP contribution in [0, 0.1) is 0 Å². The molecule has 0 aliphatic carbocycles. The molecule has 0 aliphatic rings. The molecular weight excluding hydrogens is 404 g/mol. The van der Waals surface area contributed by atoms with E-state index in [1.807, 2.05) is 24.3 Å². The second kappa shape index (κ2) is 8.01. The number of ether oxygens (including phenoxy) is 3. The molecule has 3 rings (SSSR count). The summed E-state index contributed by atoms with van der Waals surface area (Å²) < 4.78 is 22.0. The number of halogens is 1. The lowest BCUT2D eigenvalue weighted by Crippen LogP contribution is -2.07. The van der Waals surface area contributed by atoms with Crippen LogP contribution in [0.5, 0.6) is 11.5 Å². The molecule has 0 saturated carbocycles. The van der Waals surface area contributed by atoms with Gasteiger partial charge in [0.2, 0.25) is 5.89 Å². The number of hydrogen-bond acceptors (Lipinski definition) is 7. The lowest BCUT2D eigenvalue weighted by Gasteiger charge is -2.09. The molecular formula is C18H15BrN2O5. The van der Waals surface area contributed by atoms with Crippen LogP contribution >= 0.6 is 15.9 Å². The van der Waals surface area contributed by atoms with E-state index in [4.69, 9.17) is 18.6 Å². The Bertz CT molecular complexity index is 908. The van der Waals surface area contributed by atoms with Gasteiger partial charge < -0.3 is 18.6 Å². The van der Waals surface area contributed by atoms with E-state index in [0.29, 0.717) is 17.4 Å². The fraction of sp³-hybridized carbons (Fsp3) is 0.167. The van der Waals surface area contributed by atoms with Crippen molar-refractivity contribution in [3.63, 3.8) is 0 Å². The van der Waals surface area contributed by atoms with E-state index < -0.39 is 5.97 Å². The van der Waals surface area contributed by atoms with Gasteiger partial charge in [-0.15, -0.1) is 10.2 Å². The van der Waals surface area contributed by atoms with Gasteiger partial charge in [-0.1, -0.05) is 15.9 Å². The molecule has 3 aromatic rings. The third-order valence-electron chi connectivity index (χ3n) is 3.51. The summed E-state index contributed by atoms with van der Waals surface area (Å²) in [5.74, 6) is 0.923. The largest absolute Gasteiger partial charge is 0.497 e. The second-order valence-corrected chi connectivity index (χ2v) is 6.07. The third-order valence-corrected chi connectivity index (χ3v) is 4.04. The summed E-state index contributed by atoms with van der Waals surface area (Å²) in [6.07, 6.45) is 0. The van der Waals surface area contributed by atoms with Crippen molar-refractivity contribution >= 4 is 21.9 Å². The number of nitrogens with zero attached hydrogens (tertiary/aromatic N) is 2. The summed E-state index contributed by atoms with van der Waals surface area (Å²) in [4.78, 5) is 12.3. The minimum atomic E-state index is -0.562. The van der Waals surface area contributed by atoms with Crippen molar-refractivity contribution in [1.29, 1.82) is 0 Å². The number of benzene rings is 2. The Morgan fingerprint density at radius 1 is 1.08 bits per heavy atom. The first-order chi connectivity index (χ1) is 12.6. The number of rotatable bonds is 6. The van der Waals surface area contributed by atoms with Gasteiger partial charge in [0.25, 0.3) is 5.89 Å². The molecule has 0 radical (unpaired) electrons. The Labute approximate surface area is 158 Å². The maximum absolute atomic E-state index is 12.3. The van der Waals surface area contributed by atoms with E-state index in [1.165, 1.54) is 14.2 Å². The zero-order valence-corrected chi connectivity index (χ0v) is 15.6. The van der Waals surface area contributed by atoms with Crippen molar-refractivity contribution in [2.75, 3.05) is 14.2 Å². The Hall–Kier alpha value is -2.87. The summed E-state index contributed by atoms with van der Waals surface area (Å²) in [6, 6.07) is 12.3. The highest BCUT2D eigenvalue weighted by atomic mass is 79.9. The maximum atomic E-state index is 12.3. The van der Waals surface area contributed by atoms with E-state index in [0.717, 1.165) is 10.0 Å². The molecule has 0 amide bonds. The van der Waals surface area contributed by atoms with Crippen LogP contribution in [0.2, 0.25) is 0 Å². The normalized spacial score (nSPS) is 10.4. The molecule has 0 saturated heterocycles. The quantitative estimate of drug-likeness (QED) is 0.561. The number of carbonyl (C=O) groups excluding carboxylic acids is 1. The van der Waals surface area contributed by atoms with Crippen LogP contribution in [0.15, 0.2) is 51.4 Å². The molecule has 0 aliphatic heterocycles. The fourth-order valence-corrected chi connectivity index (χ4v) is 2.46. The lowest BCUT2D eigenvalue weighted by atomic mass is 10.2. The van der Waals surface area contributed by atoms with E-state index in [1.54, 1.807) is 18.2 Å². The van der Waals surface area contributed by atoms with Gasteiger partial charge in [-0.2, -0.15) is 0 Å². The first-order valence-corrected chi connectivity index (χ1v) is 8.37. The molecule has 8 heteroatoms. The molecule has 1 aromatic heterocycles. The van der Waals surface area contributed by atoms with Gasteiger partial charge in [0.1, 0.15) is 17.1 Å². The molecule has 134 valence electrons. The average Bonchev–Trinajstić information content (AvgIpc) is 3.15. The Balaban J connectivity index is 1.68. The summed E-state index contributed by atoms with van der Waals surface area (Å²) >= 11 is 3.36. The van der Waals surface area contributed by atoms with Gasteiger partial charge in [0, 0.05) is 16.1 Å². The average molecular weight is 419 g/mol. The Kier molecular flexibility index (Phi) is 5.52. The summed E-state index contributed by atoms with van der Waals surface area (Å²) in [7, 11) is 3.00. The molecule has 0 atom stereocenters. The van der Waals surface area contributed by atoms with Crippen molar-refractivity contribution in [3.05, 3.63) is 58.4 Å². The maximum Gasteiger partial charge on any atom is 0.342 e. The second-order valence-electron chi connectivity index (χ2n) is 5.15. The van der Waals surface area contributed by atoms with Gasteiger partial charge in [-0.25, -0.2) is 4.79 Å². The van der Waals surface area contributed by atoms with Crippen LogP contribution in [-0.4, -0.2) is 30.4 Å². The monoisotopic (exact) mass is 418 g/mol. The van der Waals surface area contributed by atoms with Gasteiger partial charge in [0.05, 0.1) is 14.2 Å². The topological polar surface area (TPSA) is 83.7 Å². The van der Waals surface area contributed by atoms with Crippen LogP contribution in [0.1, 0.15) is 16.2 Å². The van der Waals surface area contributed by atoms with Crippen molar-refractivity contribution in [2.45, 2.75) is 6.61 Å². The standard InChI is InChI=1S/C18H15BrN2O5/c1-23-13-7-8-14(15(9-13)24-2)18(22)25-10-16-20-21-17(26-16)11-3-5-12(19)6-4-11/h3-9H,10H2,1-2H3. The number of aromatic nitrogens is 2. The molecule has 0 spiro atoms.